The third-order valence-electron chi connectivity index (χ3n) is 2.65. The Bertz CT molecular complexity index is 618. The Kier molecular flexibility index (Phi) is 4.39. The van der Waals surface area contributed by atoms with Gasteiger partial charge in [-0.25, -0.2) is 9.82 Å². The van der Waals surface area contributed by atoms with Gasteiger partial charge in [0.1, 0.15) is 11.6 Å². The second-order valence-electron chi connectivity index (χ2n) is 4.16. The predicted octanol–water partition coefficient (Wildman–Crippen LogP) is 2.67. The van der Waals surface area contributed by atoms with Crippen molar-refractivity contribution >= 4 is 0 Å². The summed E-state index contributed by atoms with van der Waals surface area (Å²) in [4.78, 5) is 3.68. The average molecular weight is 301 g/mol. The van der Waals surface area contributed by atoms with E-state index < -0.39 is 18.2 Å². The maximum absolute atomic E-state index is 13.2. The van der Waals surface area contributed by atoms with Gasteiger partial charge in [0.15, 0.2) is 0 Å². The zero-order chi connectivity index (χ0) is 15.5. The number of hydrogen-bond donors (Lipinski definition) is 2. The number of aromatic nitrogens is 1. The Hall–Kier alpha value is -2.19. The highest BCUT2D eigenvalue weighted by molar-refractivity contribution is 5.36. The van der Waals surface area contributed by atoms with E-state index in [1.54, 1.807) is 6.07 Å². The molecule has 0 aliphatic rings. The van der Waals surface area contributed by atoms with E-state index in [4.69, 9.17) is 5.84 Å². The quantitative estimate of drug-likeness (QED) is 0.518. The molecule has 0 aliphatic carbocycles. The molecule has 1 atom stereocenters. The highest BCUT2D eigenvalue weighted by atomic mass is 19.4. The molecule has 0 saturated carbocycles. The fourth-order valence-corrected chi connectivity index (χ4v) is 1.86. The minimum Gasteiger partial charge on any atom is -0.406 e. The molecular formula is C13H11F4N3O. The van der Waals surface area contributed by atoms with Gasteiger partial charge in [-0.2, -0.15) is 0 Å². The van der Waals surface area contributed by atoms with Gasteiger partial charge in [0.2, 0.25) is 0 Å². The van der Waals surface area contributed by atoms with Crippen LogP contribution in [0.5, 0.6) is 5.75 Å². The van der Waals surface area contributed by atoms with Crippen molar-refractivity contribution in [2.24, 2.45) is 5.84 Å². The van der Waals surface area contributed by atoms with Crippen LogP contribution in [0, 0.1) is 5.82 Å². The molecule has 8 heteroatoms. The number of nitrogens with two attached hydrogens (primary N) is 1. The Labute approximate surface area is 117 Å². The number of ether oxygens (including phenoxy) is 1. The van der Waals surface area contributed by atoms with Crippen LogP contribution in [0.4, 0.5) is 17.6 Å². The van der Waals surface area contributed by atoms with Crippen molar-refractivity contribution in [3.05, 3.63) is 59.7 Å². The topological polar surface area (TPSA) is 60.2 Å². The Balaban J connectivity index is 2.32. The predicted molar refractivity (Wildman–Crippen MR) is 66.5 cm³/mol. The SMILES string of the molecule is NNC(c1cncc(F)c1)c1cccc(OC(F)(F)F)c1. The van der Waals surface area contributed by atoms with Gasteiger partial charge in [-0.3, -0.25) is 10.8 Å². The summed E-state index contributed by atoms with van der Waals surface area (Å²) in [5.41, 5.74) is 3.17. The first-order valence-corrected chi connectivity index (χ1v) is 5.81. The van der Waals surface area contributed by atoms with Crippen LogP contribution in [-0.2, 0) is 0 Å². The zero-order valence-corrected chi connectivity index (χ0v) is 10.6. The van der Waals surface area contributed by atoms with Gasteiger partial charge >= 0.3 is 6.36 Å². The molecular weight excluding hydrogens is 290 g/mol. The summed E-state index contributed by atoms with van der Waals surface area (Å²) in [7, 11) is 0. The van der Waals surface area contributed by atoms with Crippen LogP contribution in [0.2, 0.25) is 0 Å². The summed E-state index contributed by atoms with van der Waals surface area (Å²) in [5, 5.41) is 0. The molecule has 1 aromatic carbocycles. The first-order valence-electron chi connectivity index (χ1n) is 5.81. The van der Waals surface area contributed by atoms with Gasteiger partial charge in [-0.15, -0.1) is 13.2 Å². The van der Waals surface area contributed by atoms with E-state index in [2.05, 4.69) is 15.1 Å². The lowest BCUT2D eigenvalue weighted by Crippen LogP contribution is -2.29. The molecule has 112 valence electrons. The molecule has 0 radical (unpaired) electrons. The molecule has 0 saturated heterocycles. The Morgan fingerprint density at radius 3 is 2.52 bits per heavy atom. The molecule has 1 unspecified atom stereocenters. The standard InChI is InChI=1S/C13H11F4N3O/c14-10-4-9(6-19-7-10)12(20-18)8-2-1-3-11(5-8)21-13(15,16)17/h1-7,12,20H,18H2. The van der Waals surface area contributed by atoms with Gasteiger partial charge in [0.05, 0.1) is 12.2 Å². The van der Waals surface area contributed by atoms with E-state index in [0.29, 0.717) is 11.1 Å². The van der Waals surface area contributed by atoms with Crippen LogP contribution in [0.15, 0.2) is 42.7 Å². The zero-order valence-electron chi connectivity index (χ0n) is 10.6. The number of hydrazine groups is 1. The number of pyridine rings is 1. The summed E-state index contributed by atoms with van der Waals surface area (Å²) in [6.45, 7) is 0. The molecule has 0 amide bonds. The summed E-state index contributed by atoms with van der Waals surface area (Å²) >= 11 is 0. The molecule has 2 aromatic rings. The molecule has 3 N–H and O–H groups in total. The van der Waals surface area contributed by atoms with E-state index in [9.17, 15) is 17.6 Å². The third-order valence-corrected chi connectivity index (χ3v) is 2.65. The van der Waals surface area contributed by atoms with Crippen LogP contribution in [0.3, 0.4) is 0 Å². The second-order valence-corrected chi connectivity index (χ2v) is 4.16. The number of alkyl halides is 3. The summed E-state index contributed by atoms with van der Waals surface area (Å²) in [6, 6.07) is 5.73. The lowest BCUT2D eigenvalue weighted by molar-refractivity contribution is -0.274. The summed E-state index contributed by atoms with van der Waals surface area (Å²) in [5.74, 6) is 4.44. The van der Waals surface area contributed by atoms with Gasteiger partial charge in [-0.05, 0) is 29.3 Å². The summed E-state index contributed by atoms with van der Waals surface area (Å²) in [6.07, 6.45) is -2.41. The number of nitrogens with zero attached hydrogens (tertiary/aromatic N) is 1. The molecule has 1 aromatic heterocycles. The summed E-state index contributed by atoms with van der Waals surface area (Å²) < 4.78 is 53.6. The number of rotatable bonds is 4. The molecule has 21 heavy (non-hydrogen) atoms. The second kappa shape index (κ2) is 6.06. The molecule has 0 spiro atoms. The van der Waals surface area contributed by atoms with E-state index in [0.717, 1.165) is 12.3 Å². The number of nitrogens with one attached hydrogen (secondary N) is 1. The van der Waals surface area contributed by atoms with Crippen LogP contribution in [0.25, 0.3) is 0 Å². The Morgan fingerprint density at radius 1 is 1.14 bits per heavy atom. The van der Waals surface area contributed by atoms with Crippen molar-refractivity contribution in [3.63, 3.8) is 0 Å². The van der Waals surface area contributed by atoms with Gasteiger partial charge in [-0.1, -0.05) is 12.1 Å². The van der Waals surface area contributed by atoms with Crippen LogP contribution >= 0.6 is 0 Å². The van der Waals surface area contributed by atoms with Crippen molar-refractivity contribution < 1.29 is 22.3 Å². The first-order chi connectivity index (χ1) is 9.89. The normalized spacial score (nSPS) is 13.0. The van der Waals surface area contributed by atoms with Crippen LogP contribution < -0.4 is 16.0 Å². The number of hydrogen-bond acceptors (Lipinski definition) is 4. The van der Waals surface area contributed by atoms with Gasteiger partial charge in [0, 0.05) is 6.20 Å². The molecule has 1 heterocycles. The minimum absolute atomic E-state index is 0.377. The third kappa shape index (κ3) is 4.14. The molecule has 0 aliphatic heterocycles. The average Bonchev–Trinajstić information content (AvgIpc) is 2.38. The molecule has 4 nitrogen and oxygen atoms in total. The monoisotopic (exact) mass is 301 g/mol. The van der Waals surface area contributed by atoms with E-state index in [-0.39, 0.29) is 5.75 Å². The van der Waals surface area contributed by atoms with Crippen molar-refractivity contribution in [3.8, 4) is 5.75 Å². The van der Waals surface area contributed by atoms with Crippen LogP contribution in [-0.4, -0.2) is 11.3 Å². The number of benzene rings is 1. The fraction of sp³-hybridized carbons (Fsp3) is 0.154. The van der Waals surface area contributed by atoms with Crippen molar-refractivity contribution in [2.45, 2.75) is 12.4 Å². The van der Waals surface area contributed by atoms with Gasteiger partial charge < -0.3 is 4.74 Å². The van der Waals surface area contributed by atoms with Crippen molar-refractivity contribution in [2.75, 3.05) is 0 Å². The van der Waals surface area contributed by atoms with Crippen molar-refractivity contribution in [1.29, 1.82) is 0 Å². The highest BCUT2D eigenvalue weighted by Gasteiger charge is 2.31. The smallest absolute Gasteiger partial charge is 0.406 e. The first kappa shape index (κ1) is 15.2. The Morgan fingerprint density at radius 2 is 1.90 bits per heavy atom. The molecule has 2 rings (SSSR count). The maximum Gasteiger partial charge on any atom is 0.573 e. The van der Waals surface area contributed by atoms with E-state index in [1.165, 1.54) is 24.4 Å². The minimum atomic E-state index is -4.79. The molecule has 0 bridgehead atoms. The van der Waals surface area contributed by atoms with E-state index in [1.807, 2.05) is 0 Å². The van der Waals surface area contributed by atoms with Gasteiger partial charge in [0.25, 0.3) is 0 Å². The van der Waals surface area contributed by atoms with E-state index >= 15 is 0 Å². The molecule has 0 fully saturated rings. The lowest BCUT2D eigenvalue weighted by atomic mass is 10.0. The number of halogens is 4. The van der Waals surface area contributed by atoms with Crippen molar-refractivity contribution in [1.82, 2.24) is 10.4 Å². The lowest BCUT2D eigenvalue weighted by Gasteiger charge is -2.18. The highest BCUT2D eigenvalue weighted by Crippen LogP contribution is 2.28. The van der Waals surface area contributed by atoms with Crippen LogP contribution in [0.1, 0.15) is 17.2 Å². The largest absolute Gasteiger partial charge is 0.573 e. The maximum atomic E-state index is 13.2. The fourth-order valence-electron chi connectivity index (χ4n) is 1.86.